The van der Waals surface area contributed by atoms with Gasteiger partial charge in [-0.05, 0) is 36.5 Å². The first kappa shape index (κ1) is 11.9. The van der Waals surface area contributed by atoms with E-state index in [1.165, 1.54) is 12.8 Å². The molecule has 0 amide bonds. The number of hydrogen-bond donors (Lipinski definition) is 0. The molecule has 0 bridgehead atoms. The molecule has 0 heterocycles. The van der Waals surface area contributed by atoms with E-state index >= 15 is 0 Å². The summed E-state index contributed by atoms with van der Waals surface area (Å²) in [6, 6.07) is 5.35. The number of ketones is 1. The Bertz CT molecular complexity index is 390. The van der Waals surface area contributed by atoms with Crippen LogP contribution in [0.2, 0.25) is 10.0 Å². The Kier molecular flexibility index (Phi) is 3.56. The quantitative estimate of drug-likeness (QED) is 0.791. The maximum Gasteiger partial charge on any atom is 0.140 e. The maximum atomic E-state index is 12.0. The van der Waals surface area contributed by atoms with Crippen LogP contribution in [-0.2, 0) is 11.2 Å². The number of hydrogen-bond acceptors (Lipinski definition) is 1. The summed E-state index contributed by atoms with van der Waals surface area (Å²) < 4.78 is 0. The van der Waals surface area contributed by atoms with E-state index in [4.69, 9.17) is 23.2 Å². The van der Waals surface area contributed by atoms with E-state index in [0.717, 1.165) is 5.56 Å². The SMILES string of the molecule is CC(C(=O)Cc1c(Cl)cccc1Cl)C1CC1. The molecule has 1 fully saturated rings. The molecular weight excluding hydrogens is 243 g/mol. The number of benzene rings is 1. The zero-order valence-electron chi connectivity index (χ0n) is 9.17. The highest BCUT2D eigenvalue weighted by atomic mass is 35.5. The van der Waals surface area contributed by atoms with Crippen molar-refractivity contribution in [1.29, 1.82) is 0 Å². The van der Waals surface area contributed by atoms with Crippen molar-refractivity contribution in [3.63, 3.8) is 0 Å². The van der Waals surface area contributed by atoms with Gasteiger partial charge in [0.2, 0.25) is 0 Å². The highest BCUT2D eigenvalue weighted by Gasteiger charge is 2.32. The lowest BCUT2D eigenvalue weighted by Crippen LogP contribution is -2.15. The molecule has 16 heavy (non-hydrogen) atoms. The van der Waals surface area contributed by atoms with Crippen LogP contribution < -0.4 is 0 Å². The van der Waals surface area contributed by atoms with Crippen molar-refractivity contribution in [1.82, 2.24) is 0 Å². The van der Waals surface area contributed by atoms with Gasteiger partial charge in [0.05, 0.1) is 0 Å². The van der Waals surface area contributed by atoms with Gasteiger partial charge in [-0.2, -0.15) is 0 Å². The van der Waals surface area contributed by atoms with Crippen LogP contribution in [0.15, 0.2) is 18.2 Å². The van der Waals surface area contributed by atoms with Gasteiger partial charge in [0.15, 0.2) is 0 Å². The first-order valence-corrected chi connectivity index (χ1v) is 6.30. The number of carbonyl (C=O) groups excluding carboxylic acids is 1. The summed E-state index contributed by atoms with van der Waals surface area (Å²) in [6.07, 6.45) is 2.72. The average molecular weight is 257 g/mol. The fourth-order valence-electron chi connectivity index (χ4n) is 1.90. The van der Waals surface area contributed by atoms with Crippen LogP contribution in [0, 0.1) is 11.8 Å². The standard InChI is InChI=1S/C13H14Cl2O/c1-8(9-5-6-9)13(16)7-10-11(14)3-2-4-12(10)15/h2-4,8-9H,5-7H2,1H3. The van der Waals surface area contributed by atoms with Gasteiger partial charge in [-0.15, -0.1) is 0 Å². The molecule has 3 heteroatoms. The van der Waals surface area contributed by atoms with Crippen LogP contribution in [0.3, 0.4) is 0 Å². The third-order valence-corrected chi connectivity index (χ3v) is 3.96. The van der Waals surface area contributed by atoms with Crippen LogP contribution >= 0.6 is 23.2 Å². The molecular formula is C13H14Cl2O. The van der Waals surface area contributed by atoms with Crippen molar-refractivity contribution in [3.05, 3.63) is 33.8 Å². The van der Waals surface area contributed by atoms with Crippen LogP contribution in [0.4, 0.5) is 0 Å². The van der Waals surface area contributed by atoms with E-state index in [1.54, 1.807) is 18.2 Å². The lowest BCUT2D eigenvalue weighted by molar-refractivity contribution is -0.122. The van der Waals surface area contributed by atoms with Gasteiger partial charge in [0.1, 0.15) is 5.78 Å². The Morgan fingerprint density at radius 2 is 1.94 bits per heavy atom. The smallest absolute Gasteiger partial charge is 0.140 e. The topological polar surface area (TPSA) is 17.1 Å². The maximum absolute atomic E-state index is 12.0. The van der Waals surface area contributed by atoms with Crippen LogP contribution in [0.5, 0.6) is 0 Å². The summed E-state index contributed by atoms with van der Waals surface area (Å²) in [5, 5.41) is 1.17. The average Bonchev–Trinajstić information content (AvgIpc) is 3.06. The minimum Gasteiger partial charge on any atom is -0.299 e. The molecule has 0 radical (unpaired) electrons. The number of halogens is 2. The van der Waals surface area contributed by atoms with Crippen LogP contribution in [0.25, 0.3) is 0 Å². The molecule has 0 aromatic heterocycles. The largest absolute Gasteiger partial charge is 0.299 e. The van der Waals surface area contributed by atoms with E-state index in [-0.39, 0.29) is 11.7 Å². The summed E-state index contributed by atoms with van der Waals surface area (Å²) in [5.74, 6) is 0.985. The van der Waals surface area contributed by atoms with Crippen molar-refractivity contribution >= 4 is 29.0 Å². The van der Waals surface area contributed by atoms with Gasteiger partial charge in [0, 0.05) is 22.4 Å². The van der Waals surface area contributed by atoms with Gasteiger partial charge in [0.25, 0.3) is 0 Å². The summed E-state index contributed by atoms with van der Waals surface area (Å²) >= 11 is 12.1. The fraction of sp³-hybridized carbons (Fsp3) is 0.462. The molecule has 0 N–H and O–H groups in total. The summed E-state index contributed by atoms with van der Waals surface area (Å²) in [6.45, 7) is 2.00. The van der Waals surface area contributed by atoms with Crippen molar-refractivity contribution in [2.24, 2.45) is 11.8 Å². The molecule has 1 nitrogen and oxygen atoms in total. The molecule has 1 atom stereocenters. The Labute approximate surface area is 106 Å². The number of rotatable bonds is 4. The molecule has 0 spiro atoms. The predicted octanol–water partition coefficient (Wildman–Crippen LogP) is 4.15. The number of carbonyl (C=O) groups is 1. The molecule has 1 saturated carbocycles. The van der Waals surface area contributed by atoms with Gasteiger partial charge in [-0.1, -0.05) is 36.2 Å². The molecule has 0 aliphatic heterocycles. The van der Waals surface area contributed by atoms with Crippen molar-refractivity contribution < 1.29 is 4.79 Å². The minimum atomic E-state index is 0.146. The zero-order chi connectivity index (χ0) is 11.7. The highest BCUT2D eigenvalue weighted by molar-refractivity contribution is 6.36. The second-order valence-corrected chi connectivity index (χ2v) is 5.28. The van der Waals surface area contributed by atoms with Gasteiger partial charge in [-0.25, -0.2) is 0 Å². The van der Waals surface area contributed by atoms with Crippen molar-refractivity contribution in [2.75, 3.05) is 0 Å². The summed E-state index contributed by atoms with van der Waals surface area (Å²) in [7, 11) is 0. The Morgan fingerprint density at radius 3 is 2.44 bits per heavy atom. The van der Waals surface area contributed by atoms with Crippen LogP contribution in [0.1, 0.15) is 25.3 Å². The molecule has 1 aliphatic rings. The normalized spacial score (nSPS) is 17.2. The monoisotopic (exact) mass is 256 g/mol. The van der Waals surface area contributed by atoms with E-state index in [9.17, 15) is 4.79 Å². The molecule has 2 rings (SSSR count). The van der Waals surface area contributed by atoms with Gasteiger partial charge < -0.3 is 0 Å². The predicted molar refractivity (Wildman–Crippen MR) is 67.1 cm³/mol. The van der Waals surface area contributed by atoms with Crippen LogP contribution in [-0.4, -0.2) is 5.78 Å². The van der Waals surface area contributed by atoms with E-state index in [2.05, 4.69) is 0 Å². The molecule has 1 aromatic rings. The molecule has 86 valence electrons. The molecule has 1 aliphatic carbocycles. The molecule has 0 saturated heterocycles. The Morgan fingerprint density at radius 1 is 1.38 bits per heavy atom. The van der Waals surface area contributed by atoms with E-state index in [0.29, 0.717) is 22.4 Å². The Balaban J connectivity index is 2.10. The lowest BCUT2D eigenvalue weighted by Gasteiger charge is -2.10. The number of Topliss-reactive ketones (excluding diaryl/α,β-unsaturated/α-hetero) is 1. The second-order valence-electron chi connectivity index (χ2n) is 4.47. The second kappa shape index (κ2) is 4.77. The molecule has 1 unspecified atom stereocenters. The summed E-state index contributed by atoms with van der Waals surface area (Å²) in [4.78, 5) is 12.0. The van der Waals surface area contributed by atoms with E-state index in [1.807, 2.05) is 6.92 Å². The Hall–Kier alpha value is -0.530. The van der Waals surface area contributed by atoms with Crippen molar-refractivity contribution in [2.45, 2.75) is 26.2 Å². The molecule has 1 aromatic carbocycles. The van der Waals surface area contributed by atoms with Gasteiger partial charge >= 0.3 is 0 Å². The summed E-state index contributed by atoms with van der Waals surface area (Å²) in [5.41, 5.74) is 0.767. The van der Waals surface area contributed by atoms with Gasteiger partial charge in [-0.3, -0.25) is 4.79 Å². The fourth-order valence-corrected chi connectivity index (χ4v) is 2.43. The third kappa shape index (κ3) is 2.58. The third-order valence-electron chi connectivity index (χ3n) is 3.25. The zero-order valence-corrected chi connectivity index (χ0v) is 10.7. The first-order valence-electron chi connectivity index (χ1n) is 5.55. The first-order chi connectivity index (χ1) is 7.59. The highest BCUT2D eigenvalue weighted by Crippen LogP contribution is 2.38. The van der Waals surface area contributed by atoms with E-state index < -0.39 is 0 Å². The lowest BCUT2D eigenvalue weighted by atomic mass is 9.95. The minimum absolute atomic E-state index is 0.146. The van der Waals surface area contributed by atoms with Crippen molar-refractivity contribution in [3.8, 4) is 0 Å².